The van der Waals surface area contributed by atoms with Crippen LogP contribution in [-0.2, 0) is 17.2 Å². The van der Waals surface area contributed by atoms with Crippen LogP contribution < -0.4 is 15.2 Å². The van der Waals surface area contributed by atoms with Crippen molar-refractivity contribution in [3.8, 4) is 11.5 Å². The maximum Gasteiger partial charge on any atom is 0.475 e. The number of benzene rings is 1. The van der Waals surface area contributed by atoms with Crippen molar-refractivity contribution < 1.29 is 26.9 Å². The molecule has 0 spiro atoms. The number of hydrogen-bond acceptors (Lipinski definition) is 4. The van der Waals surface area contributed by atoms with Crippen LogP contribution in [0.25, 0.3) is 0 Å². The highest BCUT2D eigenvalue weighted by atomic mass is 32.2. The monoisotopic (exact) mass is 297 g/mol. The van der Waals surface area contributed by atoms with Crippen molar-refractivity contribution in [2.75, 3.05) is 20.8 Å². The molecule has 2 N–H and O–H groups in total. The van der Waals surface area contributed by atoms with Crippen LogP contribution in [0.4, 0.5) is 13.2 Å². The minimum atomic E-state index is -4.85. The van der Waals surface area contributed by atoms with Gasteiger partial charge in [-0.1, -0.05) is 0 Å². The van der Waals surface area contributed by atoms with Crippen molar-refractivity contribution in [2.45, 2.75) is 16.8 Å². The molecule has 4 nitrogen and oxygen atoms in total. The van der Waals surface area contributed by atoms with Crippen molar-refractivity contribution in [2.24, 2.45) is 5.73 Å². The number of rotatable bonds is 5. The Balaban J connectivity index is 3.36. The van der Waals surface area contributed by atoms with Crippen molar-refractivity contribution >= 4 is 10.8 Å². The standard InChI is InChI=1S/C11H14F3NO3S/c1-17-8-6-10(19(16)11(12,13)14)9(18-2)5-7(8)3-4-15/h5-6H,3-4,15H2,1-2H3. The molecule has 1 aromatic rings. The fourth-order valence-electron chi connectivity index (χ4n) is 1.55. The van der Waals surface area contributed by atoms with Crippen LogP contribution in [-0.4, -0.2) is 30.5 Å². The van der Waals surface area contributed by atoms with E-state index in [9.17, 15) is 17.4 Å². The molecule has 1 unspecified atom stereocenters. The Morgan fingerprint density at radius 2 is 1.79 bits per heavy atom. The zero-order valence-corrected chi connectivity index (χ0v) is 11.2. The molecule has 0 saturated heterocycles. The van der Waals surface area contributed by atoms with E-state index in [1.54, 1.807) is 0 Å². The molecule has 1 aromatic carbocycles. The lowest BCUT2D eigenvalue weighted by Gasteiger charge is -2.15. The van der Waals surface area contributed by atoms with Gasteiger partial charge in [-0.3, -0.25) is 0 Å². The lowest BCUT2D eigenvalue weighted by Crippen LogP contribution is -2.17. The summed E-state index contributed by atoms with van der Waals surface area (Å²) in [5.41, 5.74) is 1.15. The number of methoxy groups -OCH3 is 2. The predicted octanol–water partition coefficient (Wildman–Crippen LogP) is 1.83. The molecular formula is C11H14F3NO3S. The maximum atomic E-state index is 12.5. The van der Waals surface area contributed by atoms with Crippen LogP contribution in [0.15, 0.2) is 17.0 Å². The lowest BCUT2D eigenvalue weighted by molar-refractivity contribution is -0.0385. The number of nitrogens with two attached hydrogens (primary N) is 1. The number of halogens is 3. The molecule has 0 heterocycles. The van der Waals surface area contributed by atoms with E-state index in [2.05, 4.69) is 0 Å². The zero-order chi connectivity index (χ0) is 14.6. The largest absolute Gasteiger partial charge is 0.496 e. The minimum absolute atomic E-state index is 0.0973. The average Bonchev–Trinajstić information content (AvgIpc) is 2.36. The summed E-state index contributed by atoms with van der Waals surface area (Å²) in [4.78, 5) is -0.465. The Bertz CT molecular complexity index is 477. The van der Waals surface area contributed by atoms with Crippen LogP contribution in [0, 0.1) is 0 Å². The molecule has 0 bridgehead atoms. The lowest BCUT2D eigenvalue weighted by atomic mass is 10.1. The Morgan fingerprint density at radius 3 is 2.21 bits per heavy atom. The molecule has 0 radical (unpaired) electrons. The maximum absolute atomic E-state index is 12.5. The average molecular weight is 297 g/mol. The van der Waals surface area contributed by atoms with E-state index in [1.807, 2.05) is 0 Å². The number of alkyl halides is 3. The van der Waals surface area contributed by atoms with Gasteiger partial charge in [-0.05, 0) is 24.6 Å². The molecule has 108 valence electrons. The molecule has 0 amide bonds. The van der Waals surface area contributed by atoms with E-state index in [0.29, 0.717) is 18.5 Å². The summed E-state index contributed by atoms with van der Waals surface area (Å²) in [5.74, 6) is 0.110. The van der Waals surface area contributed by atoms with E-state index in [-0.39, 0.29) is 11.5 Å². The Kier molecular flexibility index (Phi) is 5.19. The highest BCUT2D eigenvalue weighted by Crippen LogP contribution is 2.36. The fourth-order valence-corrected chi connectivity index (χ4v) is 2.34. The first-order valence-corrected chi connectivity index (χ1v) is 6.43. The van der Waals surface area contributed by atoms with Gasteiger partial charge in [-0.25, -0.2) is 4.21 Å². The normalized spacial score (nSPS) is 13.2. The van der Waals surface area contributed by atoms with Gasteiger partial charge >= 0.3 is 5.51 Å². The SMILES string of the molecule is COc1cc(S(=O)C(F)(F)F)c(OC)cc1CCN. The molecule has 8 heteroatoms. The third kappa shape index (κ3) is 3.60. The van der Waals surface area contributed by atoms with E-state index in [0.717, 1.165) is 6.07 Å². The first-order chi connectivity index (χ1) is 8.85. The van der Waals surface area contributed by atoms with E-state index >= 15 is 0 Å². The molecule has 19 heavy (non-hydrogen) atoms. The van der Waals surface area contributed by atoms with Crippen LogP contribution in [0.2, 0.25) is 0 Å². The quantitative estimate of drug-likeness (QED) is 0.900. The third-order valence-corrected chi connectivity index (χ3v) is 3.53. The number of hydrogen-bond donors (Lipinski definition) is 1. The first-order valence-electron chi connectivity index (χ1n) is 5.28. The van der Waals surface area contributed by atoms with E-state index in [1.165, 1.54) is 20.3 Å². The summed E-state index contributed by atoms with van der Waals surface area (Å²) in [7, 11) is -0.638. The van der Waals surface area contributed by atoms with Crippen molar-refractivity contribution in [1.29, 1.82) is 0 Å². The van der Waals surface area contributed by atoms with Gasteiger partial charge in [-0.15, -0.1) is 0 Å². The Morgan fingerprint density at radius 1 is 1.21 bits per heavy atom. The van der Waals surface area contributed by atoms with Gasteiger partial charge in [0.15, 0.2) is 10.8 Å². The molecular weight excluding hydrogens is 283 g/mol. The summed E-state index contributed by atoms with van der Waals surface area (Å²) >= 11 is 0. The van der Waals surface area contributed by atoms with Crippen molar-refractivity contribution in [3.05, 3.63) is 17.7 Å². The van der Waals surface area contributed by atoms with Gasteiger partial charge in [0.2, 0.25) is 0 Å². The molecule has 1 rings (SSSR count). The number of ether oxygens (including phenoxy) is 2. The van der Waals surface area contributed by atoms with Gasteiger partial charge in [0.1, 0.15) is 11.5 Å². The molecule has 0 aliphatic carbocycles. The second-order valence-electron chi connectivity index (χ2n) is 3.57. The predicted molar refractivity (Wildman–Crippen MR) is 64.8 cm³/mol. The highest BCUT2D eigenvalue weighted by Gasteiger charge is 2.40. The molecule has 0 aromatic heterocycles. The summed E-state index contributed by atoms with van der Waals surface area (Å²) in [6.45, 7) is 0.307. The van der Waals surface area contributed by atoms with Gasteiger partial charge in [0.25, 0.3) is 0 Å². The molecule has 0 aliphatic heterocycles. The smallest absolute Gasteiger partial charge is 0.475 e. The fraction of sp³-hybridized carbons (Fsp3) is 0.455. The molecule has 1 atom stereocenters. The molecule has 0 fully saturated rings. The van der Waals surface area contributed by atoms with Crippen LogP contribution in [0.3, 0.4) is 0 Å². The minimum Gasteiger partial charge on any atom is -0.496 e. The third-order valence-electron chi connectivity index (χ3n) is 2.39. The zero-order valence-electron chi connectivity index (χ0n) is 10.4. The molecule has 0 saturated carbocycles. The highest BCUT2D eigenvalue weighted by molar-refractivity contribution is 7.86. The van der Waals surface area contributed by atoms with Gasteiger partial charge < -0.3 is 15.2 Å². The van der Waals surface area contributed by atoms with Crippen molar-refractivity contribution in [3.63, 3.8) is 0 Å². The van der Waals surface area contributed by atoms with Gasteiger partial charge in [-0.2, -0.15) is 13.2 Å². The summed E-state index contributed by atoms with van der Waals surface area (Å²) in [5, 5.41) is 0. The van der Waals surface area contributed by atoms with Crippen LogP contribution in [0.1, 0.15) is 5.56 Å². The summed E-state index contributed by atoms with van der Waals surface area (Å²) in [6, 6.07) is 2.44. The summed E-state index contributed by atoms with van der Waals surface area (Å²) < 4.78 is 58.8. The second-order valence-corrected chi connectivity index (χ2v) is 5.01. The van der Waals surface area contributed by atoms with Crippen LogP contribution >= 0.6 is 0 Å². The first kappa shape index (κ1) is 15.8. The van der Waals surface area contributed by atoms with Crippen LogP contribution in [0.5, 0.6) is 11.5 Å². The second kappa shape index (κ2) is 6.25. The van der Waals surface area contributed by atoms with Gasteiger partial charge in [0.05, 0.1) is 19.1 Å². The Hall–Kier alpha value is -1.28. The molecule has 0 aliphatic rings. The van der Waals surface area contributed by atoms with E-state index in [4.69, 9.17) is 15.2 Å². The van der Waals surface area contributed by atoms with Crippen molar-refractivity contribution in [1.82, 2.24) is 0 Å². The van der Waals surface area contributed by atoms with Gasteiger partial charge in [0, 0.05) is 6.07 Å². The summed E-state index contributed by atoms with van der Waals surface area (Å²) in [6.07, 6.45) is 0.415. The topological polar surface area (TPSA) is 61.5 Å². The van der Waals surface area contributed by atoms with E-state index < -0.39 is 21.2 Å². The Labute approximate surface area is 111 Å².